The van der Waals surface area contributed by atoms with Crippen LogP contribution in [0.5, 0.6) is 0 Å². The van der Waals surface area contributed by atoms with Crippen LogP contribution in [-0.4, -0.2) is 34.0 Å². The predicted molar refractivity (Wildman–Crippen MR) is 88.8 cm³/mol. The smallest absolute Gasteiger partial charge is 0.343 e. The van der Waals surface area contributed by atoms with E-state index in [1.807, 2.05) is 0 Å². The van der Waals surface area contributed by atoms with Gasteiger partial charge in [0.15, 0.2) is 0 Å². The summed E-state index contributed by atoms with van der Waals surface area (Å²) in [5.41, 5.74) is 1.01. The monoisotopic (exact) mass is 314 g/mol. The summed E-state index contributed by atoms with van der Waals surface area (Å²) in [6.45, 7) is 12.8. The molecular formula is C17H34O3Si. The second-order valence-electron chi connectivity index (χ2n) is 7.35. The highest BCUT2D eigenvalue weighted by atomic mass is 28.4. The Labute approximate surface area is 132 Å². The molecule has 1 saturated heterocycles. The minimum atomic E-state index is -2.07. The number of hydrogen-bond donors (Lipinski definition) is 0. The van der Waals surface area contributed by atoms with Crippen LogP contribution in [0.4, 0.5) is 0 Å². The zero-order valence-corrected chi connectivity index (χ0v) is 15.6. The van der Waals surface area contributed by atoms with Crippen LogP contribution in [0.25, 0.3) is 0 Å². The quantitative estimate of drug-likeness (QED) is 0.352. The van der Waals surface area contributed by atoms with Crippen molar-refractivity contribution in [2.75, 3.05) is 13.2 Å². The van der Waals surface area contributed by atoms with Crippen LogP contribution in [0, 0.1) is 5.92 Å². The summed E-state index contributed by atoms with van der Waals surface area (Å²) in [6, 6.07) is 0. The van der Waals surface area contributed by atoms with Gasteiger partial charge in [-0.15, -0.1) is 0 Å². The summed E-state index contributed by atoms with van der Waals surface area (Å²) in [7, 11) is -2.07. The maximum Gasteiger partial charge on any atom is 0.343 e. The molecule has 0 aromatic rings. The lowest BCUT2D eigenvalue weighted by Gasteiger charge is -2.37. The van der Waals surface area contributed by atoms with Crippen molar-refractivity contribution in [3.63, 3.8) is 0 Å². The standard InChI is InChI=1S/C17H34O3Si/c1-6-18-21(13(2)3,14(4)5)19-11-7-8-15-9-10-16-17(12-15)20-16/h13-17H,6-12H2,1-5H3. The van der Waals surface area contributed by atoms with E-state index in [9.17, 15) is 0 Å². The van der Waals surface area contributed by atoms with Crippen molar-refractivity contribution in [2.45, 2.75) is 90.0 Å². The third kappa shape index (κ3) is 4.31. The fraction of sp³-hybridized carbons (Fsp3) is 1.00. The Hall–Kier alpha value is 0.0969. The van der Waals surface area contributed by atoms with Gasteiger partial charge >= 0.3 is 8.56 Å². The van der Waals surface area contributed by atoms with Crippen molar-refractivity contribution in [1.29, 1.82) is 0 Å². The Morgan fingerprint density at radius 2 is 1.76 bits per heavy atom. The minimum Gasteiger partial charge on any atom is -0.394 e. The molecule has 0 aromatic heterocycles. The fourth-order valence-electron chi connectivity index (χ4n) is 3.95. The number of ether oxygens (including phenoxy) is 1. The van der Waals surface area contributed by atoms with E-state index in [0.717, 1.165) is 19.1 Å². The average molecular weight is 315 g/mol. The molecule has 3 unspecified atom stereocenters. The first-order valence-corrected chi connectivity index (χ1v) is 10.9. The Morgan fingerprint density at radius 3 is 2.33 bits per heavy atom. The van der Waals surface area contributed by atoms with Gasteiger partial charge in [0.2, 0.25) is 0 Å². The van der Waals surface area contributed by atoms with E-state index in [1.165, 1.54) is 32.1 Å². The number of fused-ring (bicyclic) bond motifs is 1. The SMILES string of the molecule is CCO[Si](OCCCC1CCC2OC2C1)(C(C)C)C(C)C. The third-order valence-corrected chi connectivity index (χ3v) is 9.79. The van der Waals surface area contributed by atoms with Crippen molar-refractivity contribution in [3.8, 4) is 0 Å². The van der Waals surface area contributed by atoms with E-state index in [-0.39, 0.29) is 0 Å². The molecular weight excluding hydrogens is 280 g/mol. The molecule has 0 N–H and O–H groups in total. The molecule has 1 aliphatic carbocycles. The van der Waals surface area contributed by atoms with Gasteiger partial charge in [-0.2, -0.15) is 0 Å². The molecule has 1 aliphatic heterocycles. The Bertz CT molecular complexity index is 311. The molecule has 0 bridgehead atoms. The van der Waals surface area contributed by atoms with Gasteiger partial charge in [0.05, 0.1) is 12.2 Å². The molecule has 1 saturated carbocycles. The lowest BCUT2D eigenvalue weighted by atomic mass is 9.86. The van der Waals surface area contributed by atoms with Crippen LogP contribution in [0.3, 0.4) is 0 Å². The largest absolute Gasteiger partial charge is 0.394 e. The molecule has 4 heteroatoms. The maximum absolute atomic E-state index is 6.41. The third-order valence-electron chi connectivity index (χ3n) is 5.18. The van der Waals surface area contributed by atoms with Crippen LogP contribution >= 0.6 is 0 Å². The molecule has 0 spiro atoms. The first kappa shape index (κ1) is 17.5. The molecule has 3 nitrogen and oxygen atoms in total. The molecule has 0 radical (unpaired) electrons. The molecule has 0 amide bonds. The summed E-state index contributed by atoms with van der Waals surface area (Å²) in [5, 5.41) is 0. The van der Waals surface area contributed by atoms with E-state index in [1.54, 1.807) is 0 Å². The first-order valence-electron chi connectivity index (χ1n) is 8.93. The summed E-state index contributed by atoms with van der Waals surface area (Å²) in [6.07, 6.45) is 7.61. The van der Waals surface area contributed by atoms with Gasteiger partial charge in [-0.1, -0.05) is 27.7 Å². The molecule has 2 rings (SSSR count). The summed E-state index contributed by atoms with van der Waals surface area (Å²) in [5.74, 6) is 0.860. The van der Waals surface area contributed by atoms with E-state index < -0.39 is 8.56 Å². The number of hydrogen-bond acceptors (Lipinski definition) is 3. The zero-order chi connectivity index (χ0) is 15.5. The maximum atomic E-state index is 6.41. The molecule has 124 valence electrons. The first-order chi connectivity index (χ1) is 9.99. The van der Waals surface area contributed by atoms with Gasteiger partial charge in [0, 0.05) is 13.2 Å². The van der Waals surface area contributed by atoms with E-state index in [0.29, 0.717) is 23.3 Å². The van der Waals surface area contributed by atoms with Gasteiger partial charge in [-0.05, 0) is 56.0 Å². The Balaban J connectivity index is 1.73. The van der Waals surface area contributed by atoms with Crippen LogP contribution in [0.1, 0.15) is 66.7 Å². The van der Waals surface area contributed by atoms with Gasteiger partial charge in [-0.3, -0.25) is 0 Å². The van der Waals surface area contributed by atoms with Crippen LogP contribution in [0.2, 0.25) is 11.1 Å². The lowest BCUT2D eigenvalue weighted by molar-refractivity contribution is 0.153. The number of rotatable bonds is 9. The topological polar surface area (TPSA) is 31.0 Å². The molecule has 2 aliphatic rings. The Kier molecular flexibility index (Phi) is 6.30. The van der Waals surface area contributed by atoms with Gasteiger partial charge < -0.3 is 13.6 Å². The summed E-state index contributed by atoms with van der Waals surface area (Å²) < 4.78 is 18.2. The van der Waals surface area contributed by atoms with Gasteiger partial charge in [-0.25, -0.2) is 0 Å². The molecule has 1 heterocycles. The summed E-state index contributed by atoms with van der Waals surface area (Å²) >= 11 is 0. The van der Waals surface area contributed by atoms with E-state index >= 15 is 0 Å². The molecule has 3 atom stereocenters. The van der Waals surface area contributed by atoms with Crippen molar-refractivity contribution in [2.24, 2.45) is 5.92 Å². The zero-order valence-electron chi connectivity index (χ0n) is 14.6. The van der Waals surface area contributed by atoms with Crippen molar-refractivity contribution in [3.05, 3.63) is 0 Å². The van der Waals surface area contributed by atoms with Crippen LogP contribution in [0.15, 0.2) is 0 Å². The lowest BCUT2D eigenvalue weighted by Crippen LogP contribution is -2.48. The second-order valence-corrected chi connectivity index (χ2v) is 11.7. The highest BCUT2D eigenvalue weighted by Crippen LogP contribution is 2.41. The number of epoxide rings is 1. The van der Waals surface area contributed by atoms with Gasteiger partial charge in [0.1, 0.15) is 0 Å². The highest BCUT2D eigenvalue weighted by Gasteiger charge is 2.45. The molecule has 21 heavy (non-hydrogen) atoms. The highest BCUT2D eigenvalue weighted by molar-refractivity contribution is 6.70. The fourth-order valence-corrected chi connectivity index (χ4v) is 7.62. The normalized spacial score (nSPS) is 29.0. The predicted octanol–water partition coefficient (Wildman–Crippen LogP) is 4.65. The minimum absolute atomic E-state index is 0.507. The van der Waals surface area contributed by atoms with Gasteiger partial charge in [0.25, 0.3) is 0 Å². The van der Waals surface area contributed by atoms with Crippen LogP contribution in [-0.2, 0) is 13.6 Å². The van der Waals surface area contributed by atoms with Crippen molar-refractivity contribution < 1.29 is 13.6 Å². The van der Waals surface area contributed by atoms with Crippen LogP contribution < -0.4 is 0 Å². The molecule has 2 fully saturated rings. The van der Waals surface area contributed by atoms with Crippen molar-refractivity contribution >= 4 is 8.56 Å². The summed E-state index contributed by atoms with van der Waals surface area (Å²) in [4.78, 5) is 0. The van der Waals surface area contributed by atoms with E-state index in [4.69, 9.17) is 13.6 Å². The van der Waals surface area contributed by atoms with E-state index in [2.05, 4.69) is 34.6 Å². The van der Waals surface area contributed by atoms with Crippen molar-refractivity contribution in [1.82, 2.24) is 0 Å². The second kappa shape index (κ2) is 7.58. The Morgan fingerprint density at radius 1 is 1.05 bits per heavy atom. The average Bonchev–Trinajstić information content (AvgIpc) is 3.20. The molecule has 0 aromatic carbocycles.